The van der Waals surface area contributed by atoms with Gasteiger partial charge in [-0.15, -0.1) is 0 Å². The van der Waals surface area contributed by atoms with Crippen LogP contribution in [0.3, 0.4) is 0 Å². The average molecular weight is 243 g/mol. The predicted octanol–water partition coefficient (Wildman–Crippen LogP) is 2.43. The first-order valence-corrected chi connectivity index (χ1v) is 6.23. The number of hydrogen-bond acceptors (Lipinski definition) is 2. The molecule has 0 saturated carbocycles. The van der Waals surface area contributed by atoms with E-state index in [2.05, 4.69) is 5.32 Å². The van der Waals surface area contributed by atoms with Crippen molar-refractivity contribution in [3.63, 3.8) is 0 Å². The number of aliphatic carboxylic acids is 1. The lowest BCUT2D eigenvalue weighted by atomic mass is 9.81. The number of rotatable bonds is 6. The van der Waals surface area contributed by atoms with E-state index in [4.69, 9.17) is 5.11 Å². The Bertz CT molecular complexity index is 268. The lowest BCUT2D eigenvalue weighted by Crippen LogP contribution is -2.45. The van der Waals surface area contributed by atoms with Crippen LogP contribution in [0.4, 0.5) is 0 Å². The zero-order valence-electron chi connectivity index (χ0n) is 11.5. The number of carboxylic acids is 1. The van der Waals surface area contributed by atoms with Crippen LogP contribution in [0.2, 0.25) is 0 Å². The molecule has 4 nitrogen and oxygen atoms in total. The summed E-state index contributed by atoms with van der Waals surface area (Å²) >= 11 is 0. The smallest absolute Gasteiger partial charge is 0.326 e. The minimum Gasteiger partial charge on any atom is -0.480 e. The summed E-state index contributed by atoms with van der Waals surface area (Å²) in [6.45, 7) is 9.74. The van der Waals surface area contributed by atoms with Gasteiger partial charge in [-0.05, 0) is 11.8 Å². The van der Waals surface area contributed by atoms with Gasteiger partial charge in [-0.1, -0.05) is 47.5 Å². The Kier molecular flexibility index (Phi) is 6.21. The zero-order chi connectivity index (χ0) is 13.6. The maximum atomic E-state index is 11.9. The first-order valence-electron chi connectivity index (χ1n) is 6.23. The summed E-state index contributed by atoms with van der Waals surface area (Å²) in [6, 6.07) is -0.757. The van der Waals surface area contributed by atoms with Crippen LogP contribution < -0.4 is 5.32 Å². The van der Waals surface area contributed by atoms with Crippen molar-refractivity contribution in [3.05, 3.63) is 0 Å². The molecule has 100 valence electrons. The standard InChI is InChI=1S/C13H25NO3/c1-6-7-8-10(12(16)17)14-11(15)9(2)13(3,4)5/h9-10H,6-8H2,1-5H3,(H,14,15)(H,16,17)/t9?,10-/m0/s1. The molecule has 1 unspecified atom stereocenters. The highest BCUT2D eigenvalue weighted by Gasteiger charge is 2.29. The molecular formula is C13H25NO3. The Morgan fingerprint density at radius 3 is 2.18 bits per heavy atom. The minimum absolute atomic E-state index is 0.155. The molecule has 1 amide bonds. The quantitative estimate of drug-likeness (QED) is 0.753. The second kappa shape index (κ2) is 6.62. The largest absolute Gasteiger partial charge is 0.480 e. The van der Waals surface area contributed by atoms with Crippen molar-refractivity contribution in [2.45, 2.75) is 59.9 Å². The number of carbonyl (C=O) groups is 2. The van der Waals surface area contributed by atoms with Crippen molar-refractivity contribution in [2.75, 3.05) is 0 Å². The highest BCUT2D eigenvalue weighted by molar-refractivity contribution is 5.85. The molecule has 0 spiro atoms. The maximum absolute atomic E-state index is 11.9. The summed E-state index contributed by atoms with van der Waals surface area (Å²) in [4.78, 5) is 22.9. The number of amides is 1. The van der Waals surface area contributed by atoms with Crippen LogP contribution in [-0.2, 0) is 9.59 Å². The third kappa shape index (κ3) is 5.71. The number of carbonyl (C=O) groups excluding carboxylic acids is 1. The van der Waals surface area contributed by atoms with Crippen LogP contribution in [0.15, 0.2) is 0 Å². The molecule has 0 fully saturated rings. The Labute approximate surface area is 104 Å². The molecule has 0 aliphatic heterocycles. The van der Waals surface area contributed by atoms with Crippen LogP contribution >= 0.6 is 0 Å². The van der Waals surface area contributed by atoms with Crippen LogP contribution in [0.1, 0.15) is 53.9 Å². The fourth-order valence-electron chi connectivity index (χ4n) is 1.36. The van der Waals surface area contributed by atoms with Crippen molar-refractivity contribution >= 4 is 11.9 Å². The third-order valence-electron chi connectivity index (χ3n) is 3.15. The maximum Gasteiger partial charge on any atom is 0.326 e. The SMILES string of the molecule is CCCC[C@H](NC(=O)C(C)C(C)(C)C)C(=O)O. The van der Waals surface area contributed by atoms with Crippen molar-refractivity contribution in [1.82, 2.24) is 5.32 Å². The van der Waals surface area contributed by atoms with Crippen molar-refractivity contribution < 1.29 is 14.7 Å². The lowest BCUT2D eigenvalue weighted by molar-refractivity contribution is -0.143. The first-order chi connectivity index (χ1) is 7.70. The molecule has 0 saturated heterocycles. The fourth-order valence-corrected chi connectivity index (χ4v) is 1.36. The van der Waals surface area contributed by atoms with E-state index in [0.29, 0.717) is 6.42 Å². The van der Waals surface area contributed by atoms with E-state index >= 15 is 0 Å². The molecule has 0 radical (unpaired) electrons. The van der Waals surface area contributed by atoms with Gasteiger partial charge in [0.2, 0.25) is 5.91 Å². The third-order valence-corrected chi connectivity index (χ3v) is 3.15. The summed E-state index contributed by atoms with van der Waals surface area (Å²) in [6.07, 6.45) is 2.23. The highest BCUT2D eigenvalue weighted by atomic mass is 16.4. The molecule has 4 heteroatoms. The highest BCUT2D eigenvalue weighted by Crippen LogP contribution is 2.25. The number of unbranched alkanes of at least 4 members (excludes halogenated alkanes) is 1. The van der Waals surface area contributed by atoms with E-state index in [9.17, 15) is 9.59 Å². The van der Waals surface area contributed by atoms with Crippen LogP contribution in [0.25, 0.3) is 0 Å². The van der Waals surface area contributed by atoms with Crippen LogP contribution in [0.5, 0.6) is 0 Å². The summed E-state index contributed by atoms with van der Waals surface area (Å²) < 4.78 is 0. The molecule has 0 aliphatic rings. The van der Waals surface area contributed by atoms with Crippen molar-refractivity contribution in [3.8, 4) is 0 Å². The van der Waals surface area contributed by atoms with E-state index < -0.39 is 12.0 Å². The molecule has 0 aliphatic carbocycles. The van der Waals surface area contributed by atoms with Gasteiger partial charge in [0.05, 0.1) is 0 Å². The number of carboxylic acid groups (broad SMARTS) is 1. The van der Waals surface area contributed by atoms with Crippen molar-refractivity contribution in [2.24, 2.45) is 11.3 Å². The Morgan fingerprint density at radius 1 is 1.29 bits per heavy atom. The van der Waals surface area contributed by atoms with E-state index in [0.717, 1.165) is 12.8 Å². The molecule has 0 bridgehead atoms. The second-order valence-corrected chi connectivity index (χ2v) is 5.63. The van der Waals surface area contributed by atoms with Crippen LogP contribution in [-0.4, -0.2) is 23.0 Å². The average Bonchev–Trinajstić information content (AvgIpc) is 2.20. The predicted molar refractivity (Wildman–Crippen MR) is 67.7 cm³/mol. The normalized spacial score (nSPS) is 15.1. The molecule has 2 atom stereocenters. The van der Waals surface area contributed by atoms with Crippen molar-refractivity contribution in [1.29, 1.82) is 0 Å². The lowest BCUT2D eigenvalue weighted by Gasteiger charge is -2.27. The first kappa shape index (κ1) is 15.9. The Morgan fingerprint density at radius 2 is 1.82 bits per heavy atom. The second-order valence-electron chi connectivity index (χ2n) is 5.63. The molecule has 0 aromatic carbocycles. The molecule has 0 heterocycles. The summed E-state index contributed by atoms with van der Waals surface area (Å²) in [7, 11) is 0. The molecule has 0 rings (SSSR count). The van der Waals surface area contributed by atoms with Gasteiger partial charge in [0.15, 0.2) is 0 Å². The summed E-state index contributed by atoms with van der Waals surface area (Å²) in [5.41, 5.74) is -0.155. The Balaban J connectivity index is 4.45. The van der Waals surface area contributed by atoms with Gasteiger partial charge in [0.1, 0.15) is 6.04 Å². The van der Waals surface area contributed by atoms with E-state index in [-0.39, 0.29) is 17.2 Å². The summed E-state index contributed by atoms with van der Waals surface area (Å²) in [5, 5.41) is 11.6. The van der Waals surface area contributed by atoms with Crippen LogP contribution in [0, 0.1) is 11.3 Å². The van der Waals surface area contributed by atoms with E-state index in [1.54, 1.807) is 0 Å². The molecule has 0 aromatic heterocycles. The number of hydrogen-bond donors (Lipinski definition) is 2. The van der Waals surface area contributed by atoms with Gasteiger partial charge in [0, 0.05) is 5.92 Å². The zero-order valence-corrected chi connectivity index (χ0v) is 11.5. The van der Waals surface area contributed by atoms with Gasteiger partial charge in [-0.25, -0.2) is 4.79 Å². The van der Waals surface area contributed by atoms with Gasteiger partial charge < -0.3 is 10.4 Å². The monoisotopic (exact) mass is 243 g/mol. The molecule has 2 N–H and O–H groups in total. The topological polar surface area (TPSA) is 66.4 Å². The van der Waals surface area contributed by atoms with E-state index in [1.165, 1.54) is 0 Å². The molecule has 0 aromatic rings. The number of nitrogens with one attached hydrogen (secondary N) is 1. The Hall–Kier alpha value is -1.06. The van der Waals surface area contributed by atoms with Gasteiger partial charge in [-0.3, -0.25) is 4.79 Å². The van der Waals surface area contributed by atoms with E-state index in [1.807, 2.05) is 34.6 Å². The van der Waals surface area contributed by atoms with Gasteiger partial charge in [0.25, 0.3) is 0 Å². The molecular weight excluding hydrogens is 218 g/mol. The van der Waals surface area contributed by atoms with Gasteiger partial charge >= 0.3 is 5.97 Å². The summed E-state index contributed by atoms with van der Waals surface area (Å²) in [5.74, 6) is -1.33. The van der Waals surface area contributed by atoms with Gasteiger partial charge in [-0.2, -0.15) is 0 Å². The molecule has 17 heavy (non-hydrogen) atoms. The fraction of sp³-hybridized carbons (Fsp3) is 0.846. The minimum atomic E-state index is -0.951.